The lowest BCUT2D eigenvalue weighted by Crippen LogP contribution is -1.50. The molecule has 1 rings (SSSR count). The van der Waals surface area contributed by atoms with Gasteiger partial charge in [0.15, 0.2) is 5.76 Å². The minimum Gasteiger partial charge on any atom is -0.454 e. The van der Waals surface area contributed by atoms with Crippen LogP contribution in [0.15, 0.2) is 24.2 Å². The molecule has 0 fully saturated rings. The first-order chi connectivity index (χ1) is 3.38. The Morgan fingerprint density at radius 3 is 2.71 bits per heavy atom. The molecule has 7 heavy (non-hydrogen) atoms. The molecule has 38 valence electrons. The van der Waals surface area contributed by atoms with E-state index in [1.54, 1.807) is 6.08 Å². The van der Waals surface area contributed by atoms with Crippen LogP contribution in [0.2, 0.25) is 0 Å². The van der Waals surface area contributed by atoms with Gasteiger partial charge < -0.3 is 4.74 Å². The Morgan fingerprint density at radius 2 is 2.57 bits per heavy atom. The number of hydrogen-bond donors (Lipinski definition) is 0. The Bertz CT molecular complexity index is 122. The van der Waals surface area contributed by atoms with Crippen LogP contribution in [-0.2, 0) is 4.74 Å². The van der Waals surface area contributed by atoms with Crippen molar-refractivity contribution in [3.63, 3.8) is 0 Å². The van der Waals surface area contributed by atoms with Gasteiger partial charge in [0, 0.05) is 6.42 Å². The van der Waals surface area contributed by atoms with Gasteiger partial charge in [-0.1, -0.05) is 13.5 Å². The van der Waals surface area contributed by atoms with Crippen molar-refractivity contribution in [2.45, 2.75) is 13.3 Å². The van der Waals surface area contributed by atoms with Crippen LogP contribution in [0.1, 0.15) is 13.3 Å². The van der Waals surface area contributed by atoms with Crippen molar-refractivity contribution in [3.8, 4) is 0 Å². The highest BCUT2D eigenvalue weighted by Crippen LogP contribution is 2.28. The first kappa shape index (κ1) is 4.44. The van der Waals surface area contributed by atoms with Crippen LogP contribution in [0.5, 0.6) is 0 Å². The summed E-state index contributed by atoms with van der Waals surface area (Å²) in [5.74, 6) is 2.07. The highest BCUT2D eigenvalue weighted by molar-refractivity contribution is 5.26. The Hall–Kier alpha value is -0.720. The number of allylic oxidation sites excluding steroid dienone is 2. The van der Waals surface area contributed by atoms with Crippen molar-refractivity contribution >= 4 is 0 Å². The van der Waals surface area contributed by atoms with Crippen LogP contribution in [0.4, 0.5) is 0 Å². The fraction of sp³-hybridized carbons (Fsp3) is 0.333. The third kappa shape index (κ3) is 0.660. The summed E-state index contributed by atoms with van der Waals surface area (Å²) in [6.45, 7) is 5.60. The molecule has 0 saturated carbocycles. The Kier molecular flexibility index (Phi) is 0.895. The van der Waals surface area contributed by atoms with Gasteiger partial charge in [-0.25, -0.2) is 0 Å². The van der Waals surface area contributed by atoms with Gasteiger partial charge in [0.2, 0.25) is 0 Å². The van der Waals surface area contributed by atoms with Gasteiger partial charge in [0.1, 0.15) is 5.76 Å². The van der Waals surface area contributed by atoms with Crippen LogP contribution in [0, 0.1) is 0 Å². The summed E-state index contributed by atoms with van der Waals surface area (Å²) in [5.41, 5.74) is 0. The van der Waals surface area contributed by atoms with E-state index in [0.717, 1.165) is 17.9 Å². The van der Waals surface area contributed by atoms with Crippen LogP contribution in [0.25, 0.3) is 0 Å². The Balaban J connectivity index is 2.46. The van der Waals surface area contributed by atoms with Crippen molar-refractivity contribution in [2.75, 3.05) is 0 Å². The zero-order valence-electron chi connectivity index (χ0n) is 4.40. The predicted octanol–water partition coefficient (Wildman–Crippen LogP) is 1.82. The van der Waals surface area contributed by atoms with E-state index in [1.165, 1.54) is 0 Å². The minimum absolute atomic E-state index is 0.975. The SMILES string of the molecule is C=CC1=C(CC)O1. The Labute approximate surface area is 43.3 Å². The van der Waals surface area contributed by atoms with E-state index >= 15 is 0 Å². The lowest BCUT2D eigenvalue weighted by molar-refractivity contribution is 0.468. The van der Waals surface area contributed by atoms with Crippen LogP contribution in [0.3, 0.4) is 0 Å². The van der Waals surface area contributed by atoms with Gasteiger partial charge in [0.05, 0.1) is 0 Å². The second-order valence-electron chi connectivity index (χ2n) is 1.45. The van der Waals surface area contributed by atoms with Crippen molar-refractivity contribution < 1.29 is 4.74 Å². The predicted molar refractivity (Wildman–Crippen MR) is 28.6 cm³/mol. The molecule has 0 aromatic heterocycles. The molecule has 0 amide bonds. The average Bonchev–Trinajstić information content (AvgIpc) is 2.43. The molecule has 0 radical (unpaired) electrons. The first-order valence-electron chi connectivity index (χ1n) is 2.42. The van der Waals surface area contributed by atoms with Gasteiger partial charge >= 0.3 is 0 Å². The highest BCUT2D eigenvalue weighted by atomic mass is 16.6. The molecule has 0 aliphatic carbocycles. The van der Waals surface area contributed by atoms with E-state index in [4.69, 9.17) is 4.74 Å². The third-order valence-electron chi connectivity index (χ3n) is 0.973. The molecular formula is C6H8O. The summed E-state index contributed by atoms with van der Waals surface area (Å²) in [5, 5.41) is 0. The van der Waals surface area contributed by atoms with Crippen molar-refractivity contribution in [2.24, 2.45) is 0 Å². The van der Waals surface area contributed by atoms with E-state index in [-0.39, 0.29) is 0 Å². The average molecular weight is 96.1 g/mol. The molecule has 0 unspecified atom stereocenters. The molecule has 0 aromatic carbocycles. The fourth-order valence-corrected chi connectivity index (χ4v) is 0.509. The molecule has 0 saturated heterocycles. The van der Waals surface area contributed by atoms with E-state index in [1.807, 2.05) is 0 Å². The fourth-order valence-electron chi connectivity index (χ4n) is 0.509. The lowest BCUT2D eigenvalue weighted by atomic mass is 10.4. The molecule has 0 bridgehead atoms. The molecule has 0 N–H and O–H groups in total. The highest BCUT2D eigenvalue weighted by Gasteiger charge is 2.17. The van der Waals surface area contributed by atoms with Crippen LogP contribution < -0.4 is 0 Å². The summed E-state index contributed by atoms with van der Waals surface area (Å²) < 4.78 is 4.93. The Morgan fingerprint density at radius 1 is 1.86 bits per heavy atom. The molecule has 1 aliphatic heterocycles. The third-order valence-corrected chi connectivity index (χ3v) is 0.973. The summed E-state index contributed by atoms with van der Waals surface area (Å²) >= 11 is 0. The van der Waals surface area contributed by atoms with Gasteiger partial charge in [0.25, 0.3) is 0 Å². The zero-order chi connectivity index (χ0) is 5.28. The normalized spacial score (nSPS) is 16.1. The topological polar surface area (TPSA) is 12.5 Å². The van der Waals surface area contributed by atoms with E-state index in [0.29, 0.717) is 0 Å². The maximum Gasteiger partial charge on any atom is 0.164 e. The smallest absolute Gasteiger partial charge is 0.164 e. The number of rotatable bonds is 2. The second kappa shape index (κ2) is 1.41. The molecule has 1 aliphatic rings. The largest absolute Gasteiger partial charge is 0.454 e. The molecule has 0 atom stereocenters. The van der Waals surface area contributed by atoms with Gasteiger partial charge in [-0.15, -0.1) is 0 Å². The van der Waals surface area contributed by atoms with Gasteiger partial charge in [-0.2, -0.15) is 0 Å². The monoisotopic (exact) mass is 96.1 g/mol. The van der Waals surface area contributed by atoms with E-state index in [9.17, 15) is 0 Å². The standard InChI is InChI=1S/C6H8O/c1-3-5-6(4-2)7-5/h3H,1,4H2,2H3. The number of ether oxygens (including phenoxy) is 1. The van der Waals surface area contributed by atoms with Gasteiger partial charge in [-0.3, -0.25) is 0 Å². The maximum absolute atomic E-state index is 4.93. The van der Waals surface area contributed by atoms with Crippen LogP contribution >= 0.6 is 0 Å². The maximum atomic E-state index is 4.93. The minimum atomic E-state index is 0.975. The molecule has 1 heteroatoms. The number of hydrogen-bond acceptors (Lipinski definition) is 1. The first-order valence-corrected chi connectivity index (χ1v) is 2.42. The lowest BCUT2D eigenvalue weighted by Gasteiger charge is -1.67. The molecule has 0 spiro atoms. The second-order valence-corrected chi connectivity index (χ2v) is 1.45. The van der Waals surface area contributed by atoms with E-state index in [2.05, 4.69) is 13.5 Å². The van der Waals surface area contributed by atoms with E-state index < -0.39 is 0 Å². The summed E-state index contributed by atoms with van der Waals surface area (Å²) in [6.07, 6.45) is 2.74. The van der Waals surface area contributed by atoms with Crippen molar-refractivity contribution in [3.05, 3.63) is 24.2 Å². The summed E-state index contributed by atoms with van der Waals surface area (Å²) in [7, 11) is 0. The molecule has 1 heterocycles. The zero-order valence-corrected chi connectivity index (χ0v) is 4.40. The summed E-state index contributed by atoms with van der Waals surface area (Å²) in [4.78, 5) is 0. The van der Waals surface area contributed by atoms with Crippen LogP contribution in [-0.4, -0.2) is 0 Å². The van der Waals surface area contributed by atoms with Crippen molar-refractivity contribution in [1.29, 1.82) is 0 Å². The quantitative estimate of drug-likeness (QED) is 0.511. The van der Waals surface area contributed by atoms with Gasteiger partial charge in [-0.05, 0) is 6.08 Å². The molecular weight excluding hydrogens is 88.1 g/mol. The molecule has 1 nitrogen and oxygen atoms in total. The summed E-state index contributed by atoms with van der Waals surface area (Å²) in [6, 6.07) is 0. The molecule has 0 aromatic rings. The van der Waals surface area contributed by atoms with Crippen molar-refractivity contribution in [1.82, 2.24) is 0 Å².